The predicted octanol–water partition coefficient (Wildman–Crippen LogP) is 4.70. The van der Waals surface area contributed by atoms with Gasteiger partial charge >= 0.3 is 0 Å². The van der Waals surface area contributed by atoms with Crippen molar-refractivity contribution in [3.63, 3.8) is 0 Å². The number of benzene rings is 2. The Hall–Kier alpha value is -2.73. The standard InChI is InChI=1S/C17H14N2O3S/c1-10-7-12(8-11(2)17(10)20)3-6-16-18-14-9-13(19(21)22)4-5-15(14)23-16/h3-9,20H,1-2H3/b6-3+. The quantitative estimate of drug-likeness (QED) is 0.559. The molecule has 3 aromatic rings. The van der Waals surface area contributed by atoms with Gasteiger partial charge in [0.1, 0.15) is 10.8 Å². The molecule has 0 saturated carbocycles. The van der Waals surface area contributed by atoms with E-state index in [0.29, 0.717) is 11.3 Å². The van der Waals surface area contributed by atoms with Crippen molar-refractivity contribution in [3.8, 4) is 5.75 Å². The molecule has 0 amide bonds. The molecule has 0 fully saturated rings. The Labute approximate surface area is 136 Å². The van der Waals surface area contributed by atoms with Gasteiger partial charge in [-0.1, -0.05) is 6.08 Å². The third-order valence-electron chi connectivity index (χ3n) is 3.53. The summed E-state index contributed by atoms with van der Waals surface area (Å²) >= 11 is 1.48. The Morgan fingerprint density at radius 1 is 1.17 bits per heavy atom. The summed E-state index contributed by atoms with van der Waals surface area (Å²) in [4.78, 5) is 14.8. The highest BCUT2D eigenvalue weighted by Gasteiger charge is 2.09. The Balaban J connectivity index is 1.93. The van der Waals surface area contributed by atoms with E-state index in [0.717, 1.165) is 26.4 Å². The molecule has 0 spiro atoms. The van der Waals surface area contributed by atoms with E-state index in [-0.39, 0.29) is 5.69 Å². The summed E-state index contributed by atoms with van der Waals surface area (Å²) in [5.74, 6) is 0.314. The Morgan fingerprint density at radius 2 is 1.87 bits per heavy atom. The smallest absolute Gasteiger partial charge is 0.271 e. The molecule has 1 heterocycles. The van der Waals surface area contributed by atoms with E-state index in [1.807, 2.05) is 38.1 Å². The van der Waals surface area contributed by atoms with Gasteiger partial charge in [0.2, 0.25) is 0 Å². The first-order chi connectivity index (χ1) is 10.9. The minimum absolute atomic E-state index is 0.0445. The number of nitrogens with zero attached hydrogens (tertiary/aromatic N) is 2. The van der Waals surface area contributed by atoms with Gasteiger partial charge in [-0.05, 0) is 54.8 Å². The number of aryl methyl sites for hydroxylation is 2. The van der Waals surface area contributed by atoms with Crippen molar-refractivity contribution in [1.29, 1.82) is 0 Å². The first kappa shape index (κ1) is 15.2. The molecular formula is C17H14N2O3S. The van der Waals surface area contributed by atoms with Crippen molar-refractivity contribution in [1.82, 2.24) is 4.98 Å². The number of hydrogen-bond acceptors (Lipinski definition) is 5. The second-order valence-electron chi connectivity index (χ2n) is 5.30. The zero-order valence-electron chi connectivity index (χ0n) is 12.6. The van der Waals surface area contributed by atoms with Gasteiger partial charge in [0.25, 0.3) is 5.69 Å². The maximum absolute atomic E-state index is 10.8. The normalized spacial score (nSPS) is 11.4. The lowest BCUT2D eigenvalue weighted by atomic mass is 10.1. The first-order valence-electron chi connectivity index (χ1n) is 6.97. The lowest BCUT2D eigenvalue weighted by Crippen LogP contribution is -1.86. The fourth-order valence-corrected chi connectivity index (χ4v) is 3.22. The van der Waals surface area contributed by atoms with Crippen molar-refractivity contribution in [2.24, 2.45) is 0 Å². The van der Waals surface area contributed by atoms with Gasteiger partial charge in [0, 0.05) is 12.1 Å². The summed E-state index contributed by atoms with van der Waals surface area (Å²) in [5.41, 5.74) is 3.29. The summed E-state index contributed by atoms with van der Waals surface area (Å²) in [7, 11) is 0. The number of fused-ring (bicyclic) bond motifs is 1. The molecule has 0 aliphatic heterocycles. The van der Waals surface area contributed by atoms with E-state index in [1.165, 1.54) is 23.5 Å². The van der Waals surface area contributed by atoms with E-state index < -0.39 is 4.92 Å². The van der Waals surface area contributed by atoms with Crippen LogP contribution in [0.4, 0.5) is 5.69 Å². The highest BCUT2D eigenvalue weighted by molar-refractivity contribution is 7.19. The van der Waals surface area contributed by atoms with Crippen molar-refractivity contribution in [2.75, 3.05) is 0 Å². The summed E-state index contributed by atoms with van der Waals surface area (Å²) < 4.78 is 0.910. The Kier molecular flexibility index (Phi) is 3.83. The van der Waals surface area contributed by atoms with Crippen LogP contribution in [0, 0.1) is 24.0 Å². The molecule has 0 saturated heterocycles. The number of aromatic nitrogens is 1. The van der Waals surface area contributed by atoms with Crippen molar-refractivity contribution >= 4 is 39.4 Å². The minimum atomic E-state index is -0.420. The summed E-state index contributed by atoms with van der Waals surface area (Å²) in [6.07, 6.45) is 3.80. The maximum Gasteiger partial charge on any atom is 0.271 e. The molecule has 23 heavy (non-hydrogen) atoms. The van der Waals surface area contributed by atoms with Gasteiger partial charge in [-0.2, -0.15) is 0 Å². The number of hydrogen-bond donors (Lipinski definition) is 1. The molecule has 0 radical (unpaired) electrons. The van der Waals surface area contributed by atoms with Gasteiger partial charge < -0.3 is 5.11 Å². The van der Waals surface area contributed by atoms with E-state index in [1.54, 1.807) is 6.07 Å². The second kappa shape index (κ2) is 5.81. The van der Waals surface area contributed by atoms with Crippen LogP contribution in [0.15, 0.2) is 30.3 Å². The maximum atomic E-state index is 10.8. The van der Waals surface area contributed by atoms with Crippen LogP contribution in [0.5, 0.6) is 5.75 Å². The van der Waals surface area contributed by atoms with Crippen molar-refractivity contribution < 1.29 is 10.0 Å². The predicted molar refractivity (Wildman–Crippen MR) is 92.8 cm³/mol. The Morgan fingerprint density at radius 3 is 2.52 bits per heavy atom. The fraction of sp³-hybridized carbons (Fsp3) is 0.118. The molecule has 1 aromatic heterocycles. The molecule has 0 aliphatic rings. The van der Waals surface area contributed by atoms with E-state index in [9.17, 15) is 15.2 Å². The highest BCUT2D eigenvalue weighted by Crippen LogP contribution is 2.28. The number of phenols is 1. The monoisotopic (exact) mass is 326 g/mol. The molecule has 0 atom stereocenters. The van der Waals surface area contributed by atoms with Gasteiger partial charge in [-0.15, -0.1) is 11.3 Å². The molecule has 5 nitrogen and oxygen atoms in total. The van der Waals surface area contributed by atoms with Crippen molar-refractivity contribution in [3.05, 3.63) is 62.1 Å². The number of thiazole rings is 1. The highest BCUT2D eigenvalue weighted by atomic mass is 32.1. The van der Waals surface area contributed by atoms with Crippen LogP contribution >= 0.6 is 11.3 Å². The zero-order chi connectivity index (χ0) is 16.6. The molecule has 116 valence electrons. The van der Waals surface area contributed by atoms with E-state index >= 15 is 0 Å². The molecule has 0 bridgehead atoms. The van der Waals surface area contributed by atoms with E-state index in [4.69, 9.17) is 0 Å². The SMILES string of the molecule is Cc1cc(/C=C/c2nc3cc([N+](=O)[O-])ccc3s2)cc(C)c1O. The second-order valence-corrected chi connectivity index (χ2v) is 6.36. The average Bonchev–Trinajstić information content (AvgIpc) is 2.92. The minimum Gasteiger partial charge on any atom is -0.507 e. The number of aromatic hydroxyl groups is 1. The van der Waals surface area contributed by atoms with Crippen LogP contribution in [0.25, 0.3) is 22.4 Å². The van der Waals surface area contributed by atoms with Crippen LogP contribution in [0.2, 0.25) is 0 Å². The largest absolute Gasteiger partial charge is 0.507 e. The molecule has 2 aromatic carbocycles. The third kappa shape index (κ3) is 3.07. The number of rotatable bonds is 3. The summed E-state index contributed by atoms with van der Waals surface area (Å²) in [6, 6.07) is 8.49. The van der Waals surface area contributed by atoms with Crippen LogP contribution in [0.3, 0.4) is 0 Å². The van der Waals surface area contributed by atoms with Gasteiger partial charge in [-0.3, -0.25) is 10.1 Å². The van der Waals surface area contributed by atoms with Crippen LogP contribution < -0.4 is 0 Å². The van der Waals surface area contributed by atoms with Gasteiger partial charge in [0.15, 0.2) is 0 Å². The topological polar surface area (TPSA) is 76.3 Å². The number of phenolic OH excluding ortho intramolecular Hbond substituents is 1. The number of non-ortho nitro benzene ring substituents is 1. The fourth-order valence-electron chi connectivity index (χ4n) is 2.37. The molecule has 6 heteroatoms. The Bertz CT molecular complexity index is 921. The molecule has 0 unspecified atom stereocenters. The molecule has 0 aliphatic carbocycles. The summed E-state index contributed by atoms with van der Waals surface area (Å²) in [5, 5.41) is 21.4. The van der Waals surface area contributed by atoms with Crippen LogP contribution in [0.1, 0.15) is 21.7 Å². The van der Waals surface area contributed by atoms with E-state index in [2.05, 4.69) is 4.98 Å². The van der Waals surface area contributed by atoms with Gasteiger partial charge in [-0.25, -0.2) is 4.98 Å². The van der Waals surface area contributed by atoms with Crippen LogP contribution in [-0.4, -0.2) is 15.0 Å². The number of nitro groups is 1. The molecule has 1 N–H and O–H groups in total. The summed E-state index contributed by atoms with van der Waals surface area (Å²) in [6.45, 7) is 3.72. The van der Waals surface area contributed by atoms with Gasteiger partial charge in [0.05, 0.1) is 15.1 Å². The lowest BCUT2D eigenvalue weighted by molar-refractivity contribution is -0.384. The lowest BCUT2D eigenvalue weighted by Gasteiger charge is -2.04. The van der Waals surface area contributed by atoms with Crippen LogP contribution in [-0.2, 0) is 0 Å². The molecular weight excluding hydrogens is 312 g/mol. The zero-order valence-corrected chi connectivity index (χ0v) is 13.4. The number of nitro benzene ring substituents is 1. The molecule has 3 rings (SSSR count). The average molecular weight is 326 g/mol. The van der Waals surface area contributed by atoms with Crippen molar-refractivity contribution in [2.45, 2.75) is 13.8 Å². The third-order valence-corrected chi connectivity index (χ3v) is 4.53. The first-order valence-corrected chi connectivity index (χ1v) is 7.79.